The molecule has 0 amide bonds. The molecule has 0 fully saturated rings. The highest BCUT2D eigenvalue weighted by molar-refractivity contribution is 5.87. The fourth-order valence-corrected chi connectivity index (χ4v) is 1.27. The zero-order valence-electron chi connectivity index (χ0n) is 8.87. The Balaban J connectivity index is 3.12. The zero-order valence-corrected chi connectivity index (χ0v) is 8.87. The number of hydrogen-bond donors (Lipinski definition) is 1. The van der Waals surface area contributed by atoms with Gasteiger partial charge in [0.1, 0.15) is 0 Å². The average molecular weight is 197 g/mol. The second kappa shape index (κ2) is 3.42. The first kappa shape index (κ1) is 10.7. The summed E-state index contributed by atoms with van der Waals surface area (Å²) in [6, 6.07) is 1.64. The lowest BCUT2D eigenvalue weighted by atomic mass is 10.0. The lowest BCUT2D eigenvalue weighted by molar-refractivity contribution is 0.0593. The Morgan fingerprint density at radius 2 is 2.21 bits per heavy atom. The first-order chi connectivity index (χ1) is 6.36. The summed E-state index contributed by atoms with van der Waals surface area (Å²) in [5, 5.41) is 4.01. The number of hydrogen-bond acceptors (Lipinski definition) is 4. The van der Waals surface area contributed by atoms with E-state index in [4.69, 9.17) is 5.73 Å². The van der Waals surface area contributed by atoms with Gasteiger partial charge in [-0.25, -0.2) is 4.79 Å². The highest BCUT2D eigenvalue weighted by Crippen LogP contribution is 2.17. The minimum absolute atomic E-state index is 0.281. The number of aromatic nitrogens is 2. The van der Waals surface area contributed by atoms with E-state index in [9.17, 15) is 4.79 Å². The van der Waals surface area contributed by atoms with E-state index in [1.54, 1.807) is 17.8 Å². The van der Waals surface area contributed by atoms with Crippen molar-refractivity contribution in [2.45, 2.75) is 19.4 Å². The quantitative estimate of drug-likeness (QED) is 0.697. The summed E-state index contributed by atoms with van der Waals surface area (Å²) in [5.41, 5.74) is 6.45. The predicted octanol–water partition coefficient (Wildman–Crippen LogP) is 0.400. The molecule has 1 aromatic heterocycles. The molecule has 14 heavy (non-hydrogen) atoms. The first-order valence-corrected chi connectivity index (χ1v) is 4.28. The number of carbonyl (C=O) groups is 1. The molecule has 2 N–H and O–H groups in total. The summed E-state index contributed by atoms with van der Waals surface area (Å²) in [6.07, 6.45) is 0. The molecule has 0 aromatic carbocycles. The highest BCUT2D eigenvalue weighted by Gasteiger charge is 2.22. The van der Waals surface area contributed by atoms with Crippen molar-refractivity contribution in [3.63, 3.8) is 0 Å². The minimum Gasteiger partial charge on any atom is -0.464 e. The van der Waals surface area contributed by atoms with Crippen molar-refractivity contribution in [2.24, 2.45) is 12.8 Å². The van der Waals surface area contributed by atoms with E-state index < -0.39 is 11.5 Å². The van der Waals surface area contributed by atoms with E-state index in [2.05, 4.69) is 9.84 Å². The van der Waals surface area contributed by atoms with Crippen LogP contribution in [0, 0.1) is 0 Å². The van der Waals surface area contributed by atoms with Gasteiger partial charge in [-0.15, -0.1) is 0 Å². The third-order valence-corrected chi connectivity index (χ3v) is 1.93. The number of esters is 1. The van der Waals surface area contributed by atoms with Gasteiger partial charge in [-0.2, -0.15) is 5.10 Å². The number of methoxy groups -OCH3 is 1. The van der Waals surface area contributed by atoms with E-state index in [1.807, 2.05) is 13.8 Å². The van der Waals surface area contributed by atoms with Crippen molar-refractivity contribution in [1.29, 1.82) is 0 Å². The zero-order chi connectivity index (χ0) is 10.9. The van der Waals surface area contributed by atoms with Crippen molar-refractivity contribution >= 4 is 5.97 Å². The van der Waals surface area contributed by atoms with Crippen molar-refractivity contribution < 1.29 is 9.53 Å². The van der Waals surface area contributed by atoms with Crippen LogP contribution in [0.15, 0.2) is 6.07 Å². The summed E-state index contributed by atoms with van der Waals surface area (Å²) in [4.78, 5) is 11.2. The second-order valence-electron chi connectivity index (χ2n) is 3.75. The molecule has 1 heterocycles. The molecule has 0 atom stereocenters. The Kier molecular flexibility index (Phi) is 2.62. The number of nitrogens with two attached hydrogens (primary N) is 1. The van der Waals surface area contributed by atoms with Gasteiger partial charge in [0.2, 0.25) is 0 Å². The average Bonchev–Trinajstić information content (AvgIpc) is 2.45. The minimum atomic E-state index is -0.520. The SMILES string of the molecule is COC(=O)c1cc(C(C)(C)N)n(C)n1. The number of nitrogens with zero attached hydrogens (tertiary/aromatic N) is 2. The van der Waals surface area contributed by atoms with Crippen LogP contribution in [0.2, 0.25) is 0 Å². The van der Waals surface area contributed by atoms with Gasteiger partial charge in [-0.05, 0) is 19.9 Å². The smallest absolute Gasteiger partial charge is 0.358 e. The van der Waals surface area contributed by atoms with E-state index >= 15 is 0 Å². The largest absolute Gasteiger partial charge is 0.464 e. The summed E-state index contributed by atoms with van der Waals surface area (Å²) in [6.45, 7) is 3.70. The molecular formula is C9H15N3O2. The summed E-state index contributed by atoms with van der Waals surface area (Å²) < 4.78 is 6.15. The number of carbonyl (C=O) groups excluding carboxylic acids is 1. The Morgan fingerprint density at radius 3 is 2.57 bits per heavy atom. The molecule has 0 aliphatic rings. The van der Waals surface area contributed by atoms with Gasteiger partial charge in [0.05, 0.1) is 18.3 Å². The van der Waals surface area contributed by atoms with Crippen molar-refractivity contribution in [3.05, 3.63) is 17.5 Å². The molecule has 0 saturated carbocycles. The van der Waals surface area contributed by atoms with Gasteiger partial charge in [0.25, 0.3) is 0 Å². The molecule has 0 saturated heterocycles. The third-order valence-electron chi connectivity index (χ3n) is 1.93. The molecule has 78 valence electrons. The molecule has 0 spiro atoms. The Morgan fingerprint density at radius 1 is 1.64 bits per heavy atom. The standard InChI is InChI=1S/C9H15N3O2/c1-9(2,10)7-5-6(8(13)14-4)11-12(7)3/h5H,10H2,1-4H3. The van der Waals surface area contributed by atoms with E-state index in [1.165, 1.54) is 7.11 Å². The second-order valence-corrected chi connectivity index (χ2v) is 3.75. The Hall–Kier alpha value is -1.36. The van der Waals surface area contributed by atoms with Crippen LogP contribution < -0.4 is 5.73 Å². The first-order valence-electron chi connectivity index (χ1n) is 4.28. The molecule has 0 aliphatic carbocycles. The molecule has 1 rings (SSSR count). The molecule has 5 heteroatoms. The van der Waals surface area contributed by atoms with Crippen LogP contribution in [0.25, 0.3) is 0 Å². The van der Waals surface area contributed by atoms with E-state index in [0.717, 1.165) is 5.69 Å². The Labute approximate surface area is 82.8 Å². The van der Waals surface area contributed by atoms with Crippen LogP contribution in [0.5, 0.6) is 0 Å². The number of aryl methyl sites for hydroxylation is 1. The van der Waals surface area contributed by atoms with Gasteiger partial charge in [0.15, 0.2) is 5.69 Å². The fraction of sp³-hybridized carbons (Fsp3) is 0.556. The van der Waals surface area contributed by atoms with Gasteiger partial charge in [0, 0.05) is 7.05 Å². The third kappa shape index (κ3) is 1.93. The van der Waals surface area contributed by atoms with Crippen LogP contribution >= 0.6 is 0 Å². The predicted molar refractivity (Wildman–Crippen MR) is 51.8 cm³/mol. The van der Waals surface area contributed by atoms with Gasteiger partial charge in [-0.3, -0.25) is 4.68 Å². The molecule has 0 radical (unpaired) electrons. The van der Waals surface area contributed by atoms with Crippen molar-refractivity contribution in [2.75, 3.05) is 7.11 Å². The molecule has 0 bridgehead atoms. The van der Waals surface area contributed by atoms with Crippen molar-refractivity contribution in [3.8, 4) is 0 Å². The number of ether oxygens (including phenoxy) is 1. The topological polar surface area (TPSA) is 70.1 Å². The summed E-state index contributed by atoms with van der Waals surface area (Å²) in [5.74, 6) is -0.448. The van der Waals surface area contributed by atoms with Crippen molar-refractivity contribution in [1.82, 2.24) is 9.78 Å². The van der Waals surface area contributed by atoms with Crippen LogP contribution in [-0.2, 0) is 17.3 Å². The maximum absolute atomic E-state index is 11.2. The van der Waals surface area contributed by atoms with Gasteiger partial charge in [-0.1, -0.05) is 0 Å². The lowest BCUT2D eigenvalue weighted by Crippen LogP contribution is -2.31. The molecule has 5 nitrogen and oxygen atoms in total. The van der Waals surface area contributed by atoms with Crippen LogP contribution in [-0.4, -0.2) is 22.9 Å². The summed E-state index contributed by atoms with van der Waals surface area (Å²) in [7, 11) is 3.07. The van der Waals surface area contributed by atoms with E-state index in [-0.39, 0.29) is 5.69 Å². The molecule has 0 unspecified atom stereocenters. The fourth-order valence-electron chi connectivity index (χ4n) is 1.27. The maximum Gasteiger partial charge on any atom is 0.358 e. The molecular weight excluding hydrogens is 182 g/mol. The molecule has 0 aliphatic heterocycles. The van der Waals surface area contributed by atoms with Crippen LogP contribution in [0.1, 0.15) is 30.0 Å². The summed E-state index contributed by atoms with van der Waals surface area (Å²) >= 11 is 0. The van der Waals surface area contributed by atoms with Crippen LogP contribution in [0.4, 0.5) is 0 Å². The highest BCUT2D eigenvalue weighted by atomic mass is 16.5. The maximum atomic E-state index is 11.2. The Bertz CT molecular complexity index is 349. The number of rotatable bonds is 2. The van der Waals surface area contributed by atoms with Gasteiger partial charge < -0.3 is 10.5 Å². The van der Waals surface area contributed by atoms with Crippen LogP contribution in [0.3, 0.4) is 0 Å². The molecule has 1 aromatic rings. The van der Waals surface area contributed by atoms with E-state index in [0.29, 0.717) is 0 Å². The van der Waals surface area contributed by atoms with Gasteiger partial charge >= 0.3 is 5.97 Å². The lowest BCUT2D eigenvalue weighted by Gasteiger charge is -2.17. The normalized spacial score (nSPS) is 11.5. The monoisotopic (exact) mass is 197 g/mol.